The number of anilines is 1. The Bertz CT molecular complexity index is 1230. The van der Waals surface area contributed by atoms with Gasteiger partial charge in [0.25, 0.3) is 0 Å². The first-order valence-electron chi connectivity index (χ1n) is 12.2. The van der Waals surface area contributed by atoms with Gasteiger partial charge < -0.3 is 14.4 Å². The quantitative estimate of drug-likeness (QED) is 0.491. The zero-order valence-electron chi connectivity index (χ0n) is 19.8. The minimum absolute atomic E-state index is 0.127. The van der Waals surface area contributed by atoms with E-state index in [-0.39, 0.29) is 36.3 Å². The molecule has 5 atom stereocenters. The molecule has 0 aliphatic carbocycles. The lowest BCUT2D eigenvalue weighted by Crippen LogP contribution is -2.49. The van der Waals surface area contributed by atoms with Gasteiger partial charge in [-0.05, 0) is 55.7 Å². The molecule has 2 aromatic rings. The van der Waals surface area contributed by atoms with Crippen molar-refractivity contribution < 1.29 is 23.9 Å². The van der Waals surface area contributed by atoms with E-state index < -0.39 is 17.9 Å². The van der Waals surface area contributed by atoms with Crippen molar-refractivity contribution >= 4 is 28.9 Å². The molecule has 0 aromatic heterocycles. The number of ketones is 1. The molecule has 2 amide bonds. The molecule has 35 heavy (non-hydrogen) atoms. The van der Waals surface area contributed by atoms with Gasteiger partial charge in [-0.15, -0.1) is 0 Å². The highest BCUT2D eigenvalue weighted by Crippen LogP contribution is 2.50. The van der Waals surface area contributed by atoms with Crippen molar-refractivity contribution in [3.63, 3.8) is 0 Å². The predicted octanol–water partition coefficient (Wildman–Crippen LogP) is 3.33. The maximum Gasteiger partial charge on any atom is 0.235 e. The van der Waals surface area contributed by atoms with Crippen LogP contribution < -0.4 is 9.64 Å². The van der Waals surface area contributed by atoms with Crippen LogP contribution in [0.2, 0.25) is 0 Å². The summed E-state index contributed by atoms with van der Waals surface area (Å²) in [4.78, 5) is 44.9. The number of carbonyl (C=O) groups excluding carboxylic acids is 3. The van der Waals surface area contributed by atoms with Crippen LogP contribution in [0.15, 0.2) is 54.6 Å². The second-order valence-electron chi connectivity index (χ2n) is 9.78. The number of hydrogen-bond donors (Lipinski definition) is 0. The number of benzene rings is 2. The van der Waals surface area contributed by atoms with Crippen LogP contribution in [0.3, 0.4) is 0 Å². The van der Waals surface area contributed by atoms with Gasteiger partial charge in [-0.2, -0.15) is 0 Å². The summed E-state index contributed by atoms with van der Waals surface area (Å²) in [7, 11) is 1.58. The van der Waals surface area contributed by atoms with E-state index in [1.54, 1.807) is 31.4 Å². The molecule has 3 saturated heterocycles. The number of methoxy groups -OCH3 is 1. The van der Waals surface area contributed by atoms with Gasteiger partial charge in [0.15, 0.2) is 5.78 Å². The predicted molar refractivity (Wildman–Crippen MR) is 130 cm³/mol. The lowest BCUT2D eigenvalue weighted by Gasteiger charge is -2.38. The van der Waals surface area contributed by atoms with Gasteiger partial charge >= 0.3 is 0 Å². The summed E-state index contributed by atoms with van der Waals surface area (Å²) in [5.74, 6) is -1.30. The first-order chi connectivity index (χ1) is 17.0. The maximum absolute atomic E-state index is 14.0. The molecule has 4 heterocycles. The molecule has 3 fully saturated rings. The molecule has 0 radical (unpaired) electrons. The molecule has 4 aliphatic rings. The van der Waals surface area contributed by atoms with Crippen LogP contribution in [0.5, 0.6) is 5.75 Å². The third-order valence-corrected chi connectivity index (χ3v) is 7.90. The standard InChI is InChI=1S/C28H28N2O5/c1-16-14-22-23-24(28(33)29(27(23)32)15-19-6-5-13-35-19)25(30(22)21-8-4-3-7-20(16)21)26(31)17-9-11-18(34-2)12-10-17/h3-4,7-12,14,19,22-25H,5-6,13,15H2,1-2H3/t19-,22+,23+,24+,25-/m0/s1. The topological polar surface area (TPSA) is 76.1 Å². The number of carbonyl (C=O) groups is 3. The van der Waals surface area contributed by atoms with E-state index in [4.69, 9.17) is 9.47 Å². The van der Waals surface area contributed by atoms with Gasteiger partial charge in [-0.1, -0.05) is 24.3 Å². The molecule has 7 nitrogen and oxygen atoms in total. The third kappa shape index (κ3) is 3.32. The van der Waals surface area contributed by atoms with Gasteiger partial charge in [-0.3, -0.25) is 19.3 Å². The number of Topliss-reactive ketones (excluding diaryl/α,β-unsaturated/α-hetero) is 1. The average molecular weight is 473 g/mol. The number of hydrogen-bond acceptors (Lipinski definition) is 6. The number of allylic oxidation sites excluding steroid dienone is 1. The minimum atomic E-state index is -0.769. The Labute approximate surface area is 204 Å². The molecule has 2 aromatic carbocycles. The lowest BCUT2D eigenvalue weighted by molar-refractivity contribution is -0.142. The van der Waals surface area contributed by atoms with Gasteiger partial charge in [0, 0.05) is 23.4 Å². The smallest absolute Gasteiger partial charge is 0.235 e. The summed E-state index contributed by atoms with van der Waals surface area (Å²) in [6, 6.07) is 13.7. The van der Waals surface area contributed by atoms with Crippen molar-refractivity contribution in [1.82, 2.24) is 4.90 Å². The van der Waals surface area contributed by atoms with Crippen molar-refractivity contribution in [2.24, 2.45) is 11.8 Å². The number of rotatable bonds is 5. The minimum Gasteiger partial charge on any atom is -0.497 e. The highest BCUT2D eigenvalue weighted by Gasteiger charge is 2.64. The Balaban J connectivity index is 1.44. The van der Waals surface area contributed by atoms with E-state index in [9.17, 15) is 14.4 Å². The normalized spacial score (nSPS) is 29.1. The zero-order valence-corrected chi connectivity index (χ0v) is 19.8. The van der Waals surface area contributed by atoms with E-state index in [0.29, 0.717) is 17.9 Å². The van der Waals surface area contributed by atoms with E-state index >= 15 is 0 Å². The summed E-state index contributed by atoms with van der Waals surface area (Å²) in [5, 5.41) is 0. The number of nitrogens with zero attached hydrogens (tertiary/aromatic N) is 2. The zero-order chi connectivity index (χ0) is 24.3. The molecule has 0 N–H and O–H groups in total. The van der Waals surface area contributed by atoms with Crippen LogP contribution in [-0.4, -0.2) is 60.9 Å². The van der Waals surface area contributed by atoms with Gasteiger partial charge in [0.1, 0.15) is 11.8 Å². The summed E-state index contributed by atoms with van der Waals surface area (Å²) in [6.07, 6.45) is 3.70. The molecule has 7 heteroatoms. The van der Waals surface area contributed by atoms with Crippen LogP contribution in [0.1, 0.15) is 35.7 Å². The Morgan fingerprint density at radius 1 is 1.06 bits per heavy atom. The monoisotopic (exact) mass is 472 g/mol. The van der Waals surface area contributed by atoms with E-state index in [1.807, 2.05) is 36.1 Å². The maximum atomic E-state index is 14.0. The highest BCUT2D eigenvalue weighted by atomic mass is 16.5. The van der Waals surface area contributed by atoms with Crippen molar-refractivity contribution in [2.45, 2.75) is 38.0 Å². The molecule has 4 aliphatic heterocycles. The second kappa shape index (κ2) is 8.34. The molecular weight excluding hydrogens is 444 g/mol. The van der Waals surface area contributed by atoms with Crippen LogP contribution in [0.25, 0.3) is 5.57 Å². The number of ether oxygens (including phenoxy) is 2. The van der Waals surface area contributed by atoms with Crippen LogP contribution in [0, 0.1) is 11.8 Å². The van der Waals surface area contributed by atoms with Crippen molar-refractivity contribution in [3.8, 4) is 5.75 Å². The fraction of sp³-hybridized carbons (Fsp3) is 0.393. The Hall–Kier alpha value is -3.45. The highest BCUT2D eigenvalue weighted by molar-refractivity contribution is 6.14. The van der Waals surface area contributed by atoms with E-state index in [0.717, 1.165) is 29.7 Å². The van der Waals surface area contributed by atoms with Gasteiger partial charge in [-0.25, -0.2) is 0 Å². The van der Waals surface area contributed by atoms with Crippen molar-refractivity contribution in [1.29, 1.82) is 0 Å². The van der Waals surface area contributed by atoms with Crippen molar-refractivity contribution in [3.05, 3.63) is 65.7 Å². The molecule has 0 saturated carbocycles. The largest absolute Gasteiger partial charge is 0.497 e. The molecule has 0 unspecified atom stereocenters. The molecule has 0 bridgehead atoms. The van der Waals surface area contributed by atoms with Gasteiger partial charge in [0.05, 0.1) is 37.6 Å². The van der Waals surface area contributed by atoms with Crippen LogP contribution >= 0.6 is 0 Å². The number of likely N-dealkylation sites (tertiary alicyclic amines) is 1. The second-order valence-corrected chi connectivity index (χ2v) is 9.78. The first-order valence-corrected chi connectivity index (χ1v) is 12.2. The Morgan fingerprint density at radius 3 is 2.51 bits per heavy atom. The average Bonchev–Trinajstić information content (AvgIpc) is 3.57. The summed E-state index contributed by atoms with van der Waals surface area (Å²) in [6.45, 7) is 2.94. The lowest BCUT2D eigenvalue weighted by atomic mass is 9.85. The fourth-order valence-electron chi connectivity index (χ4n) is 6.26. The fourth-order valence-corrected chi connectivity index (χ4v) is 6.26. The SMILES string of the molecule is COc1ccc(C(=O)[C@@H]2[C@@H]3C(=O)N(C[C@@H]4CCCO4)C(=O)[C@@H]3[C@H]3C=C(C)c4ccccc4N32)cc1. The Kier molecular flexibility index (Phi) is 5.25. The molecular formula is C28H28N2O5. The number of para-hydroxylation sites is 1. The Morgan fingerprint density at radius 2 is 1.80 bits per heavy atom. The van der Waals surface area contributed by atoms with E-state index in [1.165, 1.54) is 4.90 Å². The number of imide groups is 1. The molecule has 180 valence electrons. The number of amides is 2. The third-order valence-electron chi connectivity index (χ3n) is 7.90. The summed E-state index contributed by atoms with van der Waals surface area (Å²) < 4.78 is 11.0. The summed E-state index contributed by atoms with van der Waals surface area (Å²) in [5.41, 5.74) is 3.46. The molecule has 0 spiro atoms. The first kappa shape index (κ1) is 22.0. The molecule has 6 rings (SSSR count). The van der Waals surface area contributed by atoms with Gasteiger partial charge in [0.2, 0.25) is 11.8 Å². The van der Waals surface area contributed by atoms with Crippen molar-refractivity contribution in [2.75, 3.05) is 25.2 Å². The summed E-state index contributed by atoms with van der Waals surface area (Å²) >= 11 is 0. The van der Waals surface area contributed by atoms with Crippen LogP contribution in [0.4, 0.5) is 5.69 Å². The van der Waals surface area contributed by atoms with E-state index in [2.05, 4.69) is 6.08 Å². The van der Waals surface area contributed by atoms with Crippen LogP contribution in [-0.2, 0) is 14.3 Å². The number of fused-ring (bicyclic) bond motifs is 5.